The van der Waals surface area contributed by atoms with Gasteiger partial charge in [-0.2, -0.15) is 0 Å². The first kappa shape index (κ1) is 11.6. The molecule has 16 heavy (non-hydrogen) atoms. The first-order chi connectivity index (χ1) is 7.61. The Labute approximate surface area is 101 Å². The highest BCUT2D eigenvalue weighted by Crippen LogP contribution is 2.32. The molecule has 3 nitrogen and oxygen atoms in total. The van der Waals surface area contributed by atoms with Gasteiger partial charge in [-0.25, -0.2) is 0 Å². The summed E-state index contributed by atoms with van der Waals surface area (Å²) in [6.07, 6.45) is 3.89. The van der Waals surface area contributed by atoms with Crippen LogP contribution in [0.25, 0.3) is 0 Å². The van der Waals surface area contributed by atoms with E-state index in [0.717, 1.165) is 31.4 Å². The molecule has 0 saturated heterocycles. The molecular formula is C12H17ClN2O. The van der Waals surface area contributed by atoms with E-state index in [4.69, 9.17) is 17.3 Å². The van der Waals surface area contributed by atoms with Gasteiger partial charge in [0.15, 0.2) is 0 Å². The van der Waals surface area contributed by atoms with Crippen LogP contribution in [0.1, 0.15) is 25.7 Å². The van der Waals surface area contributed by atoms with Gasteiger partial charge in [-0.05, 0) is 25.0 Å². The Morgan fingerprint density at radius 1 is 1.38 bits per heavy atom. The molecule has 0 radical (unpaired) electrons. The lowest BCUT2D eigenvalue weighted by atomic mass is 10.0. The molecule has 0 aliphatic heterocycles. The Balaban J connectivity index is 2.04. The summed E-state index contributed by atoms with van der Waals surface area (Å²) in [5.41, 5.74) is 6.57. The van der Waals surface area contributed by atoms with Crippen molar-refractivity contribution in [1.82, 2.24) is 0 Å². The van der Waals surface area contributed by atoms with Gasteiger partial charge in [0.25, 0.3) is 0 Å². The average molecular weight is 241 g/mol. The molecule has 0 unspecified atom stereocenters. The molecule has 0 bridgehead atoms. The molecule has 2 rings (SSSR count). The maximum atomic E-state index is 10.2. The maximum absolute atomic E-state index is 10.2. The number of rotatable bonds is 3. The van der Waals surface area contributed by atoms with E-state index in [0.29, 0.717) is 17.3 Å². The monoisotopic (exact) mass is 240 g/mol. The zero-order chi connectivity index (χ0) is 11.6. The summed E-state index contributed by atoms with van der Waals surface area (Å²) in [5.74, 6) is 0. The molecule has 1 aliphatic rings. The Kier molecular flexibility index (Phi) is 3.26. The van der Waals surface area contributed by atoms with Gasteiger partial charge in [-0.15, -0.1) is 0 Å². The van der Waals surface area contributed by atoms with Crippen molar-refractivity contribution < 1.29 is 5.11 Å². The number of nitrogen functional groups attached to an aromatic ring is 1. The molecule has 1 aromatic carbocycles. The molecule has 4 heteroatoms. The number of hydrogen-bond donors (Lipinski definition) is 3. The van der Waals surface area contributed by atoms with Crippen molar-refractivity contribution in [2.45, 2.75) is 31.3 Å². The molecule has 0 atom stereocenters. The van der Waals surface area contributed by atoms with Crippen molar-refractivity contribution in [2.24, 2.45) is 0 Å². The first-order valence-electron chi connectivity index (χ1n) is 5.61. The van der Waals surface area contributed by atoms with Crippen LogP contribution in [0.2, 0.25) is 5.02 Å². The number of para-hydroxylation sites is 1. The van der Waals surface area contributed by atoms with Gasteiger partial charge in [-0.3, -0.25) is 0 Å². The molecule has 0 aromatic heterocycles. The minimum absolute atomic E-state index is 0.515. The van der Waals surface area contributed by atoms with Crippen molar-refractivity contribution in [2.75, 3.05) is 17.6 Å². The van der Waals surface area contributed by atoms with Crippen LogP contribution in [0.15, 0.2) is 18.2 Å². The highest BCUT2D eigenvalue weighted by atomic mass is 35.5. The number of anilines is 2. The van der Waals surface area contributed by atoms with Gasteiger partial charge in [-0.1, -0.05) is 30.5 Å². The second-order valence-corrected chi connectivity index (χ2v) is 4.90. The molecule has 0 spiro atoms. The normalized spacial score (nSPS) is 18.6. The lowest BCUT2D eigenvalue weighted by molar-refractivity contribution is 0.0615. The number of hydrogen-bond acceptors (Lipinski definition) is 3. The van der Waals surface area contributed by atoms with Crippen LogP contribution in [-0.4, -0.2) is 17.3 Å². The lowest BCUT2D eigenvalue weighted by Crippen LogP contribution is -2.33. The van der Waals surface area contributed by atoms with E-state index < -0.39 is 5.60 Å². The highest BCUT2D eigenvalue weighted by molar-refractivity contribution is 6.33. The van der Waals surface area contributed by atoms with Crippen molar-refractivity contribution in [3.63, 3.8) is 0 Å². The molecule has 0 amide bonds. The van der Waals surface area contributed by atoms with Crippen LogP contribution in [0, 0.1) is 0 Å². The third-order valence-corrected chi connectivity index (χ3v) is 3.49. The Bertz CT molecular complexity index is 355. The van der Waals surface area contributed by atoms with Gasteiger partial charge in [0.05, 0.1) is 22.0 Å². The zero-order valence-corrected chi connectivity index (χ0v) is 9.93. The minimum atomic E-state index is -0.592. The van der Waals surface area contributed by atoms with Crippen molar-refractivity contribution >= 4 is 23.0 Å². The summed E-state index contributed by atoms with van der Waals surface area (Å²) in [5, 5.41) is 13.9. The topological polar surface area (TPSA) is 58.3 Å². The standard InChI is InChI=1S/C12H17ClN2O/c13-9-4-3-5-10(14)11(9)15-8-12(16)6-1-2-7-12/h3-5,15-16H,1-2,6-8,14H2. The zero-order valence-electron chi connectivity index (χ0n) is 9.17. The summed E-state index contributed by atoms with van der Waals surface area (Å²) < 4.78 is 0. The lowest BCUT2D eigenvalue weighted by Gasteiger charge is -2.23. The summed E-state index contributed by atoms with van der Waals surface area (Å²) in [7, 11) is 0. The van der Waals surface area contributed by atoms with Gasteiger partial charge in [0, 0.05) is 6.54 Å². The largest absolute Gasteiger partial charge is 0.397 e. The smallest absolute Gasteiger partial charge is 0.0819 e. The van der Waals surface area contributed by atoms with Crippen molar-refractivity contribution in [3.8, 4) is 0 Å². The molecule has 1 aromatic rings. The van der Waals surface area contributed by atoms with E-state index in [1.54, 1.807) is 12.1 Å². The van der Waals surface area contributed by atoms with Gasteiger partial charge in [0.2, 0.25) is 0 Å². The average Bonchev–Trinajstić information content (AvgIpc) is 2.65. The van der Waals surface area contributed by atoms with Crippen molar-refractivity contribution in [1.29, 1.82) is 0 Å². The summed E-state index contributed by atoms with van der Waals surface area (Å²) in [6, 6.07) is 5.40. The van der Waals surface area contributed by atoms with Crippen LogP contribution in [-0.2, 0) is 0 Å². The Hall–Kier alpha value is -0.930. The number of aliphatic hydroxyl groups is 1. The van der Waals surface area contributed by atoms with Gasteiger partial charge >= 0.3 is 0 Å². The predicted molar refractivity (Wildman–Crippen MR) is 67.8 cm³/mol. The second kappa shape index (κ2) is 4.52. The number of nitrogens with two attached hydrogens (primary N) is 1. The van der Waals surface area contributed by atoms with E-state index >= 15 is 0 Å². The third kappa shape index (κ3) is 2.42. The van der Waals surface area contributed by atoms with E-state index in [-0.39, 0.29) is 0 Å². The quantitative estimate of drug-likeness (QED) is 0.712. The maximum Gasteiger partial charge on any atom is 0.0819 e. The molecule has 0 heterocycles. The Morgan fingerprint density at radius 3 is 2.69 bits per heavy atom. The van der Waals surface area contributed by atoms with E-state index in [1.165, 1.54) is 0 Å². The predicted octanol–water partition coefficient (Wildman–Crippen LogP) is 2.64. The molecule has 1 aliphatic carbocycles. The number of benzene rings is 1. The summed E-state index contributed by atoms with van der Waals surface area (Å²) in [4.78, 5) is 0. The van der Waals surface area contributed by atoms with Gasteiger partial charge < -0.3 is 16.2 Å². The van der Waals surface area contributed by atoms with Crippen LogP contribution < -0.4 is 11.1 Å². The fourth-order valence-corrected chi connectivity index (χ4v) is 2.44. The summed E-state index contributed by atoms with van der Waals surface area (Å²) in [6.45, 7) is 0.515. The van der Waals surface area contributed by atoms with E-state index in [2.05, 4.69) is 5.32 Å². The third-order valence-electron chi connectivity index (χ3n) is 3.17. The van der Waals surface area contributed by atoms with Crippen LogP contribution in [0.4, 0.5) is 11.4 Å². The first-order valence-corrected chi connectivity index (χ1v) is 5.99. The van der Waals surface area contributed by atoms with Crippen LogP contribution >= 0.6 is 11.6 Å². The SMILES string of the molecule is Nc1cccc(Cl)c1NCC1(O)CCCC1. The second-order valence-electron chi connectivity index (χ2n) is 4.49. The Morgan fingerprint density at radius 2 is 2.06 bits per heavy atom. The number of nitrogens with one attached hydrogen (secondary N) is 1. The molecule has 4 N–H and O–H groups in total. The number of halogens is 1. The minimum Gasteiger partial charge on any atom is -0.397 e. The van der Waals surface area contributed by atoms with E-state index in [9.17, 15) is 5.11 Å². The van der Waals surface area contributed by atoms with E-state index in [1.807, 2.05) is 6.07 Å². The fraction of sp³-hybridized carbons (Fsp3) is 0.500. The molecule has 88 valence electrons. The highest BCUT2D eigenvalue weighted by Gasteiger charge is 2.30. The molecule has 1 saturated carbocycles. The molecular weight excluding hydrogens is 224 g/mol. The fourth-order valence-electron chi connectivity index (χ4n) is 2.19. The summed E-state index contributed by atoms with van der Waals surface area (Å²) >= 11 is 6.04. The molecule has 1 fully saturated rings. The van der Waals surface area contributed by atoms with Crippen LogP contribution in [0.3, 0.4) is 0 Å². The van der Waals surface area contributed by atoms with Gasteiger partial charge in [0.1, 0.15) is 0 Å². The van der Waals surface area contributed by atoms with Crippen molar-refractivity contribution in [3.05, 3.63) is 23.2 Å². The van der Waals surface area contributed by atoms with Crippen LogP contribution in [0.5, 0.6) is 0 Å².